The molecule has 0 heterocycles. The Morgan fingerprint density at radius 1 is 1.10 bits per heavy atom. The largest absolute Gasteiger partial charge is 0.306 e. The van der Waals surface area contributed by atoms with E-state index in [2.05, 4.69) is 5.32 Å². The Bertz CT molecular complexity index is 642. The Labute approximate surface area is 121 Å². The Morgan fingerprint density at radius 2 is 1.95 bits per heavy atom. The van der Waals surface area contributed by atoms with E-state index in [4.69, 9.17) is 11.6 Å². The van der Waals surface area contributed by atoms with Gasteiger partial charge in [-0.1, -0.05) is 23.7 Å². The van der Waals surface area contributed by atoms with Crippen LogP contribution in [0.2, 0.25) is 5.02 Å². The van der Waals surface area contributed by atoms with Crippen LogP contribution in [0.1, 0.15) is 29.2 Å². The Hall–Kier alpha value is -1.45. The molecule has 0 amide bonds. The standard InChI is InChI=1S/C16H14ClF2N/c17-12-3-4-13-11(8-12)2-6-16(13)20-9-10-1-5-14(18)15(19)7-10/h1,3-5,7-8,16,20H,2,6,9H2. The van der Waals surface area contributed by atoms with Crippen molar-refractivity contribution in [3.8, 4) is 0 Å². The average Bonchev–Trinajstić information content (AvgIpc) is 2.82. The maximum absolute atomic E-state index is 13.1. The van der Waals surface area contributed by atoms with Gasteiger partial charge in [-0.05, 0) is 53.8 Å². The summed E-state index contributed by atoms with van der Waals surface area (Å²) in [5.74, 6) is -1.61. The van der Waals surface area contributed by atoms with Crippen molar-refractivity contribution >= 4 is 11.6 Å². The zero-order valence-corrected chi connectivity index (χ0v) is 11.6. The number of fused-ring (bicyclic) bond motifs is 1. The molecule has 0 fully saturated rings. The minimum Gasteiger partial charge on any atom is -0.306 e. The Balaban J connectivity index is 1.70. The minimum atomic E-state index is -0.811. The van der Waals surface area contributed by atoms with Crippen LogP contribution in [0.4, 0.5) is 8.78 Å². The van der Waals surface area contributed by atoms with E-state index >= 15 is 0 Å². The number of nitrogens with one attached hydrogen (secondary N) is 1. The van der Waals surface area contributed by atoms with Crippen molar-refractivity contribution in [2.24, 2.45) is 0 Å². The normalized spacial score (nSPS) is 17.2. The molecule has 1 N–H and O–H groups in total. The maximum atomic E-state index is 13.1. The van der Waals surface area contributed by atoms with Gasteiger partial charge in [0.2, 0.25) is 0 Å². The SMILES string of the molecule is Fc1ccc(CNC2CCc3cc(Cl)ccc32)cc1F. The number of aryl methyl sites for hydroxylation is 1. The van der Waals surface area contributed by atoms with E-state index in [9.17, 15) is 8.78 Å². The molecule has 1 atom stereocenters. The van der Waals surface area contributed by atoms with Crippen LogP contribution in [0, 0.1) is 11.6 Å². The van der Waals surface area contributed by atoms with Gasteiger partial charge in [-0.2, -0.15) is 0 Å². The number of halogens is 3. The number of benzene rings is 2. The summed E-state index contributed by atoms with van der Waals surface area (Å²) < 4.78 is 26.0. The lowest BCUT2D eigenvalue weighted by molar-refractivity contribution is 0.500. The molecule has 0 bridgehead atoms. The highest BCUT2D eigenvalue weighted by Gasteiger charge is 2.21. The third-order valence-corrected chi connectivity index (χ3v) is 3.95. The molecule has 20 heavy (non-hydrogen) atoms. The Morgan fingerprint density at radius 3 is 2.75 bits per heavy atom. The highest BCUT2D eigenvalue weighted by Crippen LogP contribution is 2.33. The summed E-state index contributed by atoms with van der Waals surface area (Å²) in [6.45, 7) is 0.518. The van der Waals surface area contributed by atoms with Gasteiger partial charge in [0.25, 0.3) is 0 Å². The molecule has 1 nitrogen and oxygen atoms in total. The first-order chi connectivity index (χ1) is 9.63. The lowest BCUT2D eigenvalue weighted by atomic mass is 10.1. The minimum absolute atomic E-state index is 0.246. The van der Waals surface area contributed by atoms with Crippen LogP contribution >= 0.6 is 11.6 Å². The summed E-state index contributed by atoms with van der Waals surface area (Å²) >= 11 is 5.98. The van der Waals surface area contributed by atoms with Crippen LogP contribution < -0.4 is 5.32 Å². The summed E-state index contributed by atoms with van der Waals surface area (Å²) in [7, 11) is 0. The molecule has 0 saturated carbocycles. The first kappa shape index (κ1) is 13.5. The molecule has 4 heteroatoms. The summed E-state index contributed by atoms with van der Waals surface area (Å²) in [4.78, 5) is 0. The summed E-state index contributed by atoms with van der Waals surface area (Å²) in [5.41, 5.74) is 3.25. The molecule has 1 unspecified atom stereocenters. The van der Waals surface area contributed by atoms with Crippen LogP contribution in [-0.4, -0.2) is 0 Å². The smallest absolute Gasteiger partial charge is 0.159 e. The van der Waals surface area contributed by atoms with Gasteiger partial charge in [0, 0.05) is 17.6 Å². The van der Waals surface area contributed by atoms with Crippen LogP contribution in [0.3, 0.4) is 0 Å². The van der Waals surface area contributed by atoms with E-state index in [0.29, 0.717) is 6.54 Å². The topological polar surface area (TPSA) is 12.0 Å². The van der Waals surface area contributed by atoms with Crippen molar-refractivity contribution in [1.29, 1.82) is 0 Å². The van der Waals surface area contributed by atoms with E-state index in [1.165, 1.54) is 17.2 Å². The van der Waals surface area contributed by atoms with Crippen LogP contribution in [-0.2, 0) is 13.0 Å². The van der Waals surface area contributed by atoms with Crippen molar-refractivity contribution in [3.05, 3.63) is 69.7 Å². The first-order valence-electron chi connectivity index (χ1n) is 6.59. The molecule has 104 valence electrons. The fourth-order valence-corrected chi connectivity index (χ4v) is 2.88. The highest BCUT2D eigenvalue weighted by molar-refractivity contribution is 6.30. The number of rotatable bonds is 3. The fraction of sp³-hybridized carbons (Fsp3) is 0.250. The van der Waals surface area contributed by atoms with Crippen molar-refractivity contribution in [2.45, 2.75) is 25.4 Å². The molecule has 0 aromatic heterocycles. The molecular formula is C16H14ClF2N. The number of hydrogen-bond donors (Lipinski definition) is 1. The third-order valence-electron chi connectivity index (χ3n) is 3.72. The van der Waals surface area contributed by atoms with Crippen LogP contribution in [0.15, 0.2) is 36.4 Å². The van der Waals surface area contributed by atoms with Crippen molar-refractivity contribution in [3.63, 3.8) is 0 Å². The molecule has 2 aromatic rings. The fourth-order valence-electron chi connectivity index (χ4n) is 2.69. The summed E-state index contributed by atoms with van der Waals surface area (Å²) in [6, 6.07) is 10.2. The van der Waals surface area contributed by atoms with E-state index in [1.54, 1.807) is 6.07 Å². The second-order valence-corrected chi connectivity index (χ2v) is 5.50. The number of hydrogen-bond acceptors (Lipinski definition) is 1. The van der Waals surface area contributed by atoms with Gasteiger partial charge < -0.3 is 5.32 Å². The van der Waals surface area contributed by atoms with Crippen molar-refractivity contribution in [2.75, 3.05) is 0 Å². The average molecular weight is 294 g/mol. The van der Waals surface area contributed by atoms with E-state index in [-0.39, 0.29) is 6.04 Å². The molecule has 1 aliphatic carbocycles. The zero-order valence-electron chi connectivity index (χ0n) is 10.8. The molecule has 0 aliphatic heterocycles. The van der Waals surface area contributed by atoms with Gasteiger partial charge >= 0.3 is 0 Å². The molecule has 3 rings (SSSR count). The second-order valence-electron chi connectivity index (χ2n) is 5.06. The van der Waals surface area contributed by atoms with E-state index < -0.39 is 11.6 Å². The molecule has 0 saturated heterocycles. The summed E-state index contributed by atoms with van der Waals surface area (Å²) in [5, 5.41) is 4.14. The lowest BCUT2D eigenvalue weighted by Crippen LogP contribution is -2.18. The highest BCUT2D eigenvalue weighted by atomic mass is 35.5. The van der Waals surface area contributed by atoms with Gasteiger partial charge in [-0.3, -0.25) is 0 Å². The van der Waals surface area contributed by atoms with Crippen LogP contribution in [0.5, 0.6) is 0 Å². The summed E-state index contributed by atoms with van der Waals surface area (Å²) in [6.07, 6.45) is 1.99. The molecular weight excluding hydrogens is 280 g/mol. The molecule has 0 spiro atoms. The maximum Gasteiger partial charge on any atom is 0.159 e. The molecule has 0 radical (unpaired) electrons. The van der Waals surface area contributed by atoms with E-state index in [0.717, 1.165) is 29.5 Å². The van der Waals surface area contributed by atoms with Gasteiger partial charge in [0.05, 0.1) is 0 Å². The predicted octanol–water partition coefficient (Wildman–Crippen LogP) is 4.40. The van der Waals surface area contributed by atoms with Gasteiger partial charge in [-0.15, -0.1) is 0 Å². The Kier molecular flexibility index (Phi) is 3.72. The quantitative estimate of drug-likeness (QED) is 0.885. The van der Waals surface area contributed by atoms with Gasteiger partial charge in [-0.25, -0.2) is 8.78 Å². The van der Waals surface area contributed by atoms with Crippen molar-refractivity contribution in [1.82, 2.24) is 5.32 Å². The second kappa shape index (κ2) is 5.51. The first-order valence-corrected chi connectivity index (χ1v) is 6.97. The molecule has 1 aliphatic rings. The lowest BCUT2D eigenvalue weighted by Gasteiger charge is -2.14. The van der Waals surface area contributed by atoms with Gasteiger partial charge in [0.1, 0.15) is 0 Å². The van der Waals surface area contributed by atoms with Gasteiger partial charge in [0.15, 0.2) is 11.6 Å². The predicted molar refractivity (Wildman–Crippen MR) is 75.7 cm³/mol. The van der Waals surface area contributed by atoms with Crippen molar-refractivity contribution < 1.29 is 8.78 Å². The third kappa shape index (κ3) is 2.69. The zero-order chi connectivity index (χ0) is 14.1. The van der Waals surface area contributed by atoms with E-state index in [1.807, 2.05) is 18.2 Å². The monoisotopic (exact) mass is 293 g/mol. The molecule has 2 aromatic carbocycles. The van der Waals surface area contributed by atoms with Crippen LogP contribution in [0.25, 0.3) is 0 Å².